The van der Waals surface area contributed by atoms with Gasteiger partial charge in [-0.05, 0) is 83.6 Å². The molecule has 1 aromatic heterocycles. The molecule has 7 rings (SSSR count). The molecule has 9 heteroatoms. The third-order valence-electron chi connectivity index (χ3n) is 8.63. The first-order chi connectivity index (χ1) is 24.4. The fourth-order valence-electron chi connectivity index (χ4n) is 5.34. The smallest absolute Gasteiger partial charge is 0.362 e. The average Bonchev–Trinajstić information content (AvgIpc) is 4.10. The number of carbonyl (C=O) groups excluding carboxylic acids is 2. The second-order valence-electron chi connectivity index (χ2n) is 12.4. The van der Waals surface area contributed by atoms with E-state index < -0.39 is 11.9 Å². The fraction of sp³-hybridized carbons (Fsp3) is 0.244. The number of aromatic nitrogens is 1. The summed E-state index contributed by atoms with van der Waals surface area (Å²) in [5, 5.41) is 0. The Labute approximate surface area is 290 Å². The lowest BCUT2D eigenvalue weighted by atomic mass is 10.0. The highest BCUT2D eigenvalue weighted by Gasteiger charge is 2.24. The predicted molar refractivity (Wildman–Crippen MR) is 186 cm³/mol. The highest BCUT2D eigenvalue weighted by atomic mass is 16.6. The predicted octanol–water partition coefficient (Wildman–Crippen LogP) is 7.81. The Bertz CT molecular complexity index is 1780. The van der Waals surface area contributed by atoms with Gasteiger partial charge < -0.3 is 28.4 Å². The van der Waals surface area contributed by atoms with Gasteiger partial charge in [-0.2, -0.15) is 0 Å². The van der Waals surface area contributed by atoms with Crippen LogP contribution in [-0.2, 0) is 18.9 Å². The van der Waals surface area contributed by atoms with Gasteiger partial charge >= 0.3 is 11.9 Å². The Morgan fingerprint density at radius 3 is 1.44 bits per heavy atom. The highest BCUT2D eigenvalue weighted by Crippen LogP contribution is 2.28. The lowest BCUT2D eigenvalue weighted by molar-refractivity contribution is 0.0539. The second kappa shape index (κ2) is 15.1. The zero-order valence-electron chi connectivity index (χ0n) is 27.8. The van der Waals surface area contributed by atoms with Crippen LogP contribution in [0.5, 0.6) is 11.5 Å². The van der Waals surface area contributed by atoms with Crippen molar-refractivity contribution in [3.63, 3.8) is 0 Å². The molecule has 0 bridgehead atoms. The van der Waals surface area contributed by atoms with E-state index in [-0.39, 0.29) is 35.7 Å². The number of nitrogens with zero attached hydrogens (tertiary/aromatic N) is 1. The molecule has 0 saturated carbocycles. The number of hydrogen-bond donors (Lipinski definition) is 0. The van der Waals surface area contributed by atoms with E-state index in [0.717, 1.165) is 46.6 Å². The molecule has 0 N–H and O–H groups in total. The Balaban J connectivity index is 0.916. The van der Waals surface area contributed by atoms with Crippen molar-refractivity contribution < 1.29 is 38.0 Å². The lowest BCUT2D eigenvalue weighted by Gasteiger charge is -2.13. The van der Waals surface area contributed by atoms with Gasteiger partial charge in [-0.3, -0.25) is 0 Å². The standard InChI is InChI=1S/C41H37NO8/c1-26(45-22-37-24-47-37)28-3-7-30(8-4-28)32-11-15-35(16-12-32)49-40(43)34-19-20-42-39(21-34)41(44)50-36-17-13-33(14-18-36)31-9-5-29(6-10-31)27(2)46-23-38-25-48-38/h3-21,26-27,37-38H,22-25H2,1-2H3. The van der Waals surface area contributed by atoms with Gasteiger partial charge in [0.2, 0.25) is 0 Å². The van der Waals surface area contributed by atoms with Gasteiger partial charge in [0, 0.05) is 6.20 Å². The average molecular weight is 672 g/mol. The van der Waals surface area contributed by atoms with E-state index in [0.29, 0.717) is 24.7 Å². The van der Waals surface area contributed by atoms with Crippen molar-refractivity contribution in [1.82, 2.24) is 4.98 Å². The Kier molecular flexibility index (Phi) is 10.1. The number of carbonyl (C=O) groups is 2. The summed E-state index contributed by atoms with van der Waals surface area (Å²) in [4.78, 5) is 30.0. The molecule has 2 fully saturated rings. The van der Waals surface area contributed by atoms with E-state index in [4.69, 9.17) is 28.4 Å². The summed E-state index contributed by atoms with van der Waals surface area (Å²) in [6.45, 7) is 6.81. The van der Waals surface area contributed by atoms with Crippen LogP contribution in [0.25, 0.3) is 22.3 Å². The van der Waals surface area contributed by atoms with Crippen molar-refractivity contribution in [1.29, 1.82) is 0 Å². The quantitative estimate of drug-likeness (QED) is 0.0664. The van der Waals surface area contributed by atoms with E-state index in [2.05, 4.69) is 4.98 Å². The molecule has 4 aromatic carbocycles. The fourth-order valence-corrected chi connectivity index (χ4v) is 5.34. The topological polar surface area (TPSA) is 109 Å². The van der Waals surface area contributed by atoms with Gasteiger partial charge in [-0.25, -0.2) is 14.6 Å². The number of epoxide rings is 2. The molecule has 4 unspecified atom stereocenters. The molecular formula is C41H37NO8. The maximum atomic E-state index is 13.0. The molecule has 254 valence electrons. The van der Waals surface area contributed by atoms with Crippen LogP contribution in [0, 0.1) is 0 Å². The molecule has 2 aliphatic rings. The van der Waals surface area contributed by atoms with Crippen LogP contribution in [-0.4, -0.2) is 55.6 Å². The number of esters is 2. The minimum atomic E-state index is -0.685. The maximum absolute atomic E-state index is 13.0. The SMILES string of the molecule is CC(OCC1CO1)c1ccc(-c2ccc(OC(=O)c3ccnc(C(=O)Oc4ccc(-c5ccc(C(C)OCC6CO6)cc5)cc4)c3)cc2)cc1. The summed E-state index contributed by atoms with van der Waals surface area (Å²) >= 11 is 0. The van der Waals surface area contributed by atoms with Crippen molar-refractivity contribution in [2.24, 2.45) is 0 Å². The molecule has 0 aliphatic carbocycles. The van der Waals surface area contributed by atoms with Crippen molar-refractivity contribution >= 4 is 11.9 Å². The number of benzene rings is 4. The first kappa shape index (κ1) is 33.3. The molecule has 5 aromatic rings. The second-order valence-corrected chi connectivity index (χ2v) is 12.4. The van der Waals surface area contributed by atoms with Crippen molar-refractivity contribution in [3.05, 3.63) is 138 Å². The molecule has 0 radical (unpaired) electrons. The highest BCUT2D eigenvalue weighted by molar-refractivity contribution is 5.95. The maximum Gasteiger partial charge on any atom is 0.362 e. The summed E-state index contributed by atoms with van der Waals surface area (Å²) in [7, 11) is 0. The summed E-state index contributed by atoms with van der Waals surface area (Å²) in [6, 6.07) is 33.7. The zero-order valence-corrected chi connectivity index (χ0v) is 27.8. The molecule has 0 amide bonds. The number of rotatable bonds is 14. The van der Waals surface area contributed by atoms with Crippen LogP contribution < -0.4 is 9.47 Å². The number of pyridine rings is 1. The van der Waals surface area contributed by atoms with E-state index in [1.165, 1.54) is 18.3 Å². The van der Waals surface area contributed by atoms with Gasteiger partial charge in [0.15, 0.2) is 0 Å². The van der Waals surface area contributed by atoms with Gasteiger partial charge in [-0.15, -0.1) is 0 Å². The van der Waals surface area contributed by atoms with Crippen LogP contribution in [0.3, 0.4) is 0 Å². The Hall–Kier alpha value is -5.19. The molecular weight excluding hydrogens is 634 g/mol. The van der Waals surface area contributed by atoms with Crippen molar-refractivity contribution in [2.75, 3.05) is 26.4 Å². The minimum Gasteiger partial charge on any atom is -0.423 e. The largest absolute Gasteiger partial charge is 0.423 e. The van der Waals surface area contributed by atoms with Gasteiger partial charge in [-0.1, -0.05) is 72.8 Å². The lowest BCUT2D eigenvalue weighted by Crippen LogP contribution is -2.14. The third kappa shape index (κ3) is 8.69. The normalized spacial score (nSPS) is 17.4. The first-order valence-corrected chi connectivity index (χ1v) is 16.7. The van der Waals surface area contributed by atoms with E-state index in [1.54, 1.807) is 24.3 Å². The summed E-state index contributed by atoms with van der Waals surface area (Å²) < 4.78 is 33.3. The van der Waals surface area contributed by atoms with Crippen molar-refractivity contribution in [3.8, 4) is 33.8 Å². The van der Waals surface area contributed by atoms with Crippen LogP contribution >= 0.6 is 0 Å². The molecule has 2 saturated heterocycles. The third-order valence-corrected chi connectivity index (χ3v) is 8.63. The summed E-state index contributed by atoms with van der Waals surface area (Å²) in [6.07, 6.45) is 1.80. The molecule has 2 aliphatic heterocycles. The molecule has 4 atom stereocenters. The molecule has 3 heterocycles. The van der Waals surface area contributed by atoms with E-state index in [9.17, 15) is 9.59 Å². The molecule has 0 spiro atoms. The van der Waals surface area contributed by atoms with E-state index in [1.807, 2.05) is 86.6 Å². The number of hydrogen-bond acceptors (Lipinski definition) is 9. The monoisotopic (exact) mass is 671 g/mol. The number of ether oxygens (including phenoxy) is 6. The van der Waals surface area contributed by atoms with Crippen LogP contribution in [0.1, 0.15) is 58.0 Å². The first-order valence-electron chi connectivity index (χ1n) is 16.7. The summed E-state index contributed by atoms with van der Waals surface area (Å²) in [5.74, 6) is -0.564. The minimum absolute atomic E-state index is 0.0110. The molecule has 50 heavy (non-hydrogen) atoms. The Morgan fingerprint density at radius 2 is 1.02 bits per heavy atom. The van der Waals surface area contributed by atoms with Crippen molar-refractivity contribution in [2.45, 2.75) is 38.3 Å². The Morgan fingerprint density at radius 1 is 0.620 bits per heavy atom. The van der Waals surface area contributed by atoms with Gasteiger partial charge in [0.25, 0.3) is 0 Å². The van der Waals surface area contributed by atoms with Crippen LogP contribution in [0.15, 0.2) is 115 Å². The van der Waals surface area contributed by atoms with Crippen LogP contribution in [0.2, 0.25) is 0 Å². The van der Waals surface area contributed by atoms with Gasteiger partial charge in [0.1, 0.15) is 29.4 Å². The zero-order chi connectivity index (χ0) is 34.5. The van der Waals surface area contributed by atoms with Gasteiger partial charge in [0.05, 0.1) is 44.2 Å². The van der Waals surface area contributed by atoms with Crippen LogP contribution in [0.4, 0.5) is 0 Å². The summed E-state index contributed by atoms with van der Waals surface area (Å²) in [5.41, 5.74) is 6.35. The van der Waals surface area contributed by atoms with E-state index >= 15 is 0 Å². The molecule has 9 nitrogen and oxygen atoms in total.